The van der Waals surface area contributed by atoms with E-state index in [1.807, 2.05) is 31.2 Å². The molecular formula is C13H14N4O2. The molecule has 0 radical (unpaired) electrons. The van der Waals surface area contributed by atoms with Gasteiger partial charge in [0.2, 0.25) is 0 Å². The van der Waals surface area contributed by atoms with E-state index in [4.69, 9.17) is 14.7 Å². The van der Waals surface area contributed by atoms with Gasteiger partial charge in [0.15, 0.2) is 5.69 Å². The zero-order chi connectivity index (χ0) is 13.7. The highest BCUT2D eigenvalue weighted by atomic mass is 16.5. The second kappa shape index (κ2) is 5.87. The fourth-order valence-electron chi connectivity index (χ4n) is 1.66. The predicted molar refractivity (Wildman–Crippen MR) is 67.7 cm³/mol. The highest BCUT2D eigenvalue weighted by Crippen LogP contribution is 2.20. The molecule has 0 bridgehead atoms. The summed E-state index contributed by atoms with van der Waals surface area (Å²) in [5.41, 5.74) is 0.970. The number of nitrogens with zero attached hydrogens (tertiary/aromatic N) is 4. The van der Waals surface area contributed by atoms with E-state index in [1.54, 1.807) is 17.9 Å². The van der Waals surface area contributed by atoms with Crippen molar-refractivity contribution < 1.29 is 9.47 Å². The van der Waals surface area contributed by atoms with E-state index in [-0.39, 0.29) is 6.61 Å². The molecule has 6 nitrogen and oxygen atoms in total. The number of aromatic nitrogens is 3. The van der Waals surface area contributed by atoms with E-state index in [9.17, 15) is 0 Å². The molecule has 0 saturated carbocycles. The number of ether oxygens (including phenoxy) is 2. The molecule has 1 aromatic heterocycles. The quantitative estimate of drug-likeness (QED) is 0.817. The van der Waals surface area contributed by atoms with Crippen LogP contribution in [0.4, 0.5) is 0 Å². The molecule has 0 aliphatic heterocycles. The summed E-state index contributed by atoms with van der Waals surface area (Å²) >= 11 is 0. The van der Waals surface area contributed by atoms with Crippen LogP contribution in [-0.2, 0) is 13.2 Å². The van der Waals surface area contributed by atoms with Crippen LogP contribution >= 0.6 is 0 Å². The van der Waals surface area contributed by atoms with Crippen molar-refractivity contribution in [3.8, 4) is 17.6 Å². The summed E-state index contributed by atoms with van der Waals surface area (Å²) in [4.78, 5) is 0. The molecule has 2 rings (SSSR count). The van der Waals surface area contributed by atoms with Gasteiger partial charge in [-0.1, -0.05) is 11.3 Å². The second-order valence-electron chi connectivity index (χ2n) is 3.78. The van der Waals surface area contributed by atoms with Gasteiger partial charge in [0.1, 0.15) is 29.9 Å². The predicted octanol–water partition coefficient (Wildman–Crippen LogP) is 1.76. The van der Waals surface area contributed by atoms with E-state index < -0.39 is 0 Å². The van der Waals surface area contributed by atoms with E-state index in [1.165, 1.54) is 0 Å². The summed E-state index contributed by atoms with van der Waals surface area (Å²) in [7, 11) is 1.60. The van der Waals surface area contributed by atoms with Crippen LogP contribution in [0, 0.1) is 11.3 Å². The van der Waals surface area contributed by atoms with Gasteiger partial charge in [0.05, 0.1) is 7.11 Å². The first-order chi connectivity index (χ1) is 9.28. The molecule has 0 atom stereocenters. The molecule has 2 aromatic rings. The van der Waals surface area contributed by atoms with Crippen molar-refractivity contribution in [2.75, 3.05) is 7.11 Å². The van der Waals surface area contributed by atoms with Crippen LogP contribution in [-0.4, -0.2) is 22.1 Å². The number of hydrogen-bond donors (Lipinski definition) is 0. The molecule has 1 heterocycles. The average Bonchev–Trinajstić information content (AvgIpc) is 2.87. The smallest absolute Gasteiger partial charge is 0.189 e. The highest BCUT2D eigenvalue weighted by Gasteiger charge is 2.12. The Labute approximate surface area is 111 Å². The first-order valence-electron chi connectivity index (χ1n) is 5.87. The lowest BCUT2D eigenvalue weighted by molar-refractivity contribution is 0.290. The van der Waals surface area contributed by atoms with Crippen molar-refractivity contribution in [1.82, 2.24) is 15.0 Å². The van der Waals surface area contributed by atoms with Crippen LogP contribution < -0.4 is 9.47 Å². The van der Waals surface area contributed by atoms with Crippen LogP contribution in [0.15, 0.2) is 24.3 Å². The minimum Gasteiger partial charge on any atom is -0.497 e. The SMILES string of the molecule is CCn1nnc(C#N)c1COc1cccc(OC)c1. The Bertz CT molecular complexity index is 601. The summed E-state index contributed by atoms with van der Waals surface area (Å²) in [6.45, 7) is 2.83. The molecule has 0 saturated heterocycles. The zero-order valence-electron chi connectivity index (χ0n) is 10.8. The lowest BCUT2D eigenvalue weighted by atomic mass is 10.3. The molecule has 0 fully saturated rings. The van der Waals surface area contributed by atoms with Gasteiger partial charge in [0, 0.05) is 12.6 Å². The van der Waals surface area contributed by atoms with E-state index >= 15 is 0 Å². The first-order valence-corrected chi connectivity index (χ1v) is 5.87. The number of rotatable bonds is 5. The maximum absolute atomic E-state index is 8.97. The number of nitriles is 1. The zero-order valence-corrected chi connectivity index (χ0v) is 10.8. The van der Waals surface area contributed by atoms with Gasteiger partial charge in [-0.25, -0.2) is 4.68 Å². The van der Waals surface area contributed by atoms with Gasteiger partial charge >= 0.3 is 0 Å². The fourth-order valence-corrected chi connectivity index (χ4v) is 1.66. The summed E-state index contributed by atoms with van der Waals surface area (Å²) in [5, 5.41) is 16.7. The molecular weight excluding hydrogens is 244 g/mol. The van der Waals surface area contributed by atoms with E-state index in [0.717, 1.165) is 5.75 Å². The summed E-state index contributed by atoms with van der Waals surface area (Å²) in [6, 6.07) is 9.30. The van der Waals surface area contributed by atoms with E-state index in [0.29, 0.717) is 23.7 Å². The van der Waals surface area contributed by atoms with Gasteiger partial charge in [-0.15, -0.1) is 5.10 Å². The highest BCUT2D eigenvalue weighted by molar-refractivity contribution is 5.33. The number of aryl methyl sites for hydroxylation is 1. The van der Waals surface area contributed by atoms with Gasteiger partial charge in [-0.05, 0) is 19.1 Å². The molecule has 0 spiro atoms. The molecule has 0 unspecified atom stereocenters. The lowest BCUT2D eigenvalue weighted by Gasteiger charge is -2.08. The van der Waals surface area contributed by atoms with Crippen molar-refractivity contribution in [3.63, 3.8) is 0 Å². The summed E-state index contributed by atoms with van der Waals surface area (Å²) in [5.74, 6) is 1.40. The summed E-state index contributed by atoms with van der Waals surface area (Å²) in [6.07, 6.45) is 0. The Balaban J connectivity index is 2.14. The van der Waals surface area contributed by atoms with Crippen molar-refractivity contribution >= 4 is 0 Å². The monoisotopic (exact) mass is 258 g/mol. The molecule has 1 aromatic carbocycles. The maximum Gasteiger partial charge on any atom is 0.189 e. The van der Waals surface area contributed by atoms with Crippen molar-refractivity contribution in [3.05, 3.63) is 35.7 Å². The molecule has 98 valence electrons. The Hall–Kier alpha value is -2.55. The van der Waals surface area contributed by atoms with Crippen LogP contribution in [0.3, 0.4) is 0 Å². The van der Waals surface area contributed by atoms with Crippen molar-refractivity contribution in [2.24, 2.45) is 0 Å². The van der Waals surface area contributed by atoms with Crippen molar-refractivity contribution in [2.45, 2.75) is 20.1 Å². The van der Waals surface area contributed by atoms with Crippen LogP contribution in [0.1, 0.15) is 18.3 Å². The van der Waals surface area contributed by atoms with Gasteiger partial charge in [-0.2, -0.15) is 5.26 Å². The largest absolute Gasteiger partial charge is 0.497 e. The molecule has 6 heteroatoms. The Morgan fingerprint density at radius 3 is 2.84 bits per heavy atom. The van der Waals surface area contributed by atoms with Crippen LogP contribution in [0.5, 0.6) is 11.5 Å². The average molecular weight is 258 g/mol. The lowest BCUT2D eigenvalue weighted by Crippen LogP contribution is -2.07. The van der Waals surface area contributed by atoms with Gasteiger partial charge in [0.25, 0.3) is 0 Å². The molecule has 0 N–H and O–H groups in total. The molecule has 19 heavy (non-hydrogen) atoms. The molecule has 0 aliphatic carbocycles. The van der Waals surface area contributed by atoms with Gasteiger partial charge < -0.3 is 9.47 Å². The normalized spacial score (nSPS) is 9.95. The molecule has 0 aliphatic rings. The van der Waals surface area contributed by atoms with Gasteiger partial charge in [-0.3, -0.25) is 0 Å². The summed E-state index contributed by atoms with van der Waals surface area (Å²) < 4.78 is 12.4. The number of methoxy groups -OCH3 is 1. The maximum atomic E-state index is 8.97. The molecule has 0 amide bonds. The van der Waals surface area contributed by atoms with Crippen LogP contribution in [0.25, 0.3) is 0 Å². The fraction of sp³-hybridized carbons (Fsp3) is 0.308. The first kappa shape index (κ1) is 12.9. The number of benzene rings is 1. The standard InChI is InChI=1S/C13H14N4O2/c1-3-17-13(12(8-14)15-16-17)9-19-11-6-4-5-10(7-11)18-2/h4-7H,3,9H2,1-2H3. The third kappa shape index (κ3) is 2.83. The van der Waals surface area contributed by atoms with Crippen molar-refractivity contribution in [1.29, 1.82) is 5.26 Å². The third-order valence-corrected chi connectivity index (χ3v) is 2.66. The topological polar surface area (TPSA) is 73.0 Å². The Morgan fingerprint density at radius 1 is 1.37 bits per heavy atom. The van der Waals surface area contributed by atoms with E-state index in [2.05, 4.69) is 10.3 Å². The Kier molecular flexibility index (Phi) is 3.98. The minimum absolute atomic E-state index is 0.247. The number of hydrogen-bond acceptors (Lipinski definition) is 5. The van der Waals surface area contributed by atoms with Crippen LogP contribution in [0.2, 0.25) is 0 Å². The second-order valence-corrected chi connectivity index (χ2v) is 3.78. The third-order valence-electron chi connectivity index (χ3n) is 2.66. The Morgan fingerprint density at radius 2 is 2.16 bits per heavy atom. The minimum atomic E-state index is 0.247.